The van der Waals surface area contributed by atoms with Crippen molar-refractivity contribution in [3.8, 4) is 0 Å². The molecule has 0 bridgehead atoms. The van der Waals surface area contributed by atoms with Gasteiger partial charge in [-0.2, -0.15) is 0 Å². The molecule has 4 heteroatoms. The first-order valence-electron chi connectivity index (χ1n) is 32.7. The summed E-state index contributed by atoms with van der Waals surface area (Å²) in [5.41, 5.74) is 0. The van der Waals surface area contributed by atoms with E-state index in [1.165, 1.54) is 340 Å². The maximum atomic E-state index is 12.5. The Morgan fingerprint density at radius 3 is 0.652 bits per heavy atom. The van der Waals surface area contributed by atoms with Crippen molar-refractivity contribution in [2.24, 2.45) is 0 Å². The standard InChI is InChI=1S/C65H131NO3/c1-3-5-7-9-11-13-15-17-19-21-23-25-27-29-31-32-33-34-35-37-39-41-43-45-47-49-51-53-55-57-59-61-65(69)66-63(62-67)64(68)60-58-56-54-52-50-48-46-44-42-40-38-36-30-28-26-24-22-20-18-16-14-12-10-8-6-4-2/h63-64,67-68H,3-62H2,1-2H3,(H,66,69). The highest BCUT2D eigenvalue weighted by Gasteiger charge is 2.20. The Hall–Kier alpha value is -0.610. The summed E-state index contributed by atoms with van der Waals surface area (Å²) in [5.74, 6) is -0.0199. The quantitative estimate of drug-likeness (QED) is 0.0532. The minimum absolute atomic E-state index is 0.0199. The molecule has 0 spiro atoms. The molecule has 414 valence electrons. The van der Waals surface area contributed by atoms with Crippen molar-refractivity contribution in [1.82, 2.24) is 5.32 Å². The fourth-order valence-corrected chi connectivity index (χ4v) is 10.9. The summed E-state index contributed by atoms with van der Waals surface area (Å²) in [6.07, 6.45) is 80.0. The molecule has 0 aliphatic heterocycles. The second-order valence-corrected chi connectivity index (χ2v) is 22.9. The fraction of sp³-hybridized carbons (Fsp3) is 0.985. The van der Waals surface area contributed by atoms with Crippen molar-refractivity contribution in [1.29, 1.82) is 0 Å². The van der Waals surface area contributed by atoms with E-state index in [0.29, 0.717) is 12.8 Å². The molecule has 2 atom stereocenters. The first kappa shape index (κ1) is 68.4. The topological polar surface area (TPSA) is 69.6 Å². The summed E-state index contributed by atoms with van der Waals surface area (Å²) in [6.45, 7) is 4.42. The highest BCUT2D eigenvalue weighted by atomic mass is 16.3. The van der Waals surface area contributed by atoms with Crippen molar-refractivity contribution < 1.29 is 15.0 Å². The van der Waals surface area contributed by atoms with Crippen LogP contribution >= 0.6 is 0 Å². The normalized spacial score (nSPS) is 12.6. The lowest BCUT2D eigenvalue weighted by Gasteiger charge is -2.22. The van der Waals surface area contributed by atoms with E-state index in [1.54, 1.807) is 0 Å². The van der Waals surface area contributed by atoms with Crippen LogP contribution in [0.25, 0.3) is 0 Å². The van der Waals surface area contributed by atoms with Crippen LogP contribution in [-0.2, 0) is 4.79 Å². The van der Waals surface area contributed by atoms with Gasteiger partial charge in [-0.3, -0.25) is 4.79 Å². The monoisotopic (exact) mass is 974 g/mol. The second-order valence-electron chi connectivity index (χ2n) is 22.9. The molecule has 0 saturated carbocycles. The van der Waals surface area contributed by atoms with Crippen LogP contribution < -0.4 is 5.32 Å². The Balaban J connectivity index is 3.36. The van der Waals surface area contributed by atoms with Crippen molar-refractivity contribution >= 4 is 5.91 Å². The molecule has 0 fully saturated rings. The first-order valence-corrected chi connectivity index (χ1v) is 32.7. The van der Waals surface area contributed by atoms with Crippen LogP contribution in [0.15, 0.2) is 0 Å². The van der Waals surface area contributed by atoms with E-state index in [1.807, 2.05) is 0 Å². The van der Waals surface area contributed by atoms with Gasteiger partial charge in [0.1, 0.15) is 0 Å². The summed E-state index contributed by atoms with van der Waals surface area (Å²) in [6, 6.07) is -0.532. The van der Waals surface area contributed by atoms with E-state index in [2.05, 4.69) is 19.2 Å². The van der Waals surface area contributed by atoms with E-state index in [0.717, 1.165) is 25.7 Å². The zero-order valence-electron chi connectivity index (χ0n) is 47.9. The summed E-state index contributed by atoms with van der Waals surface area (Å²) < 4.78 is 0. The van der Waals surface area contributed by atoms with Crippen LogP contribution in [0.5, 0.6) is 0 Å². The smallest absolute Gasteiger partial charge is 0.220 e. The van der Waals surface area contributed by atoms with Gasteiger partial charge < -0.3 is 15.5 Å². The Bertz CT molecular complexity index is 925. The molecule has 0 rings (SSSR count). The Morgan fingerprint density at radius 2 is 0.464 bits per heavy atom. The third kappa shape index (κ3) is 58.2. The Morgan fingerprint density at radius 1 is 0.290 bits per heavy atom. The van der Waals surface area contributed by atoms with Crippen molar-refractivity contribution in [3.05, 3.63) is 0 Å². The summed E-state index contributed by atoms with van der Waals surface area (Å²) in [7, 11) is 0. The van der Waals surface area contributed by atoms with Crippen LogP contribution in [0.1, 0.15) is 393 Å². The minimum atomic E-state index is -0.656. The molecular weight excluding hydrogens is 843 g/mol. The molecule has 0 aromatic carbocycles. The number of hydrogen-bond donors (Lipinski definition) is 3. The molecule has 3 N–H and O–H groups in total. The molecule has 4 nitrogen and oxygen atoms in total. The van der Waals surface area contributed by atoms with Gasteiger partial charge in [0.25, 0.3) is 0 Å². The van der Waals surface area contributed by atoms with Crippen molar-refractivity contribution in [3.63, 3.8) is 0 Å². The van der Waals surface area contributed by atoms with E-state index < -0.39 is 12.1 Å². The molecule has 0 heterocycles. The SMILES string of the molecule is CCCCCCCCCCCCCCCCCCCCCCCCCCCCCCCCCC(=O)NC(CO)C(O)CCCCCCCCCCCCCCCCCCCCCCCCCCCC. The number of aliphatic hydroxyl groups excluding tert-OH is 2. The molecule has 1 amide bonds. The zero-order chi connectivity index (χ0) is 49.9. The van der Waals surface area contributed by atoms with Crippen LogP contribution in [0.3, 0.4) is 0 Å². The Kier molecular flexibility index (Phi) is 61.1. The highest BCUT2D eigenvalue weighted by Crippen LogP contribution is 2.20. The highest BCUT2D eigenvalue weighted by molar-refractivity contribution is 5.76. The average molecular weight is 975 g/mol. The summed E-state index contributed by atoms with van der Waals surface area (Å²) in [5, 5.41) is 23.4. The molecule has 0 aromatic rings. The van der Waals surface area contributed by atoms with Gasteiger partial charge >= 0.3 is 0 Å². The molecule has 0 radical (unpaired) electrons. The van der Waals surface area contributed by atoms with Crippen LogP contribution in [0.4, 0.5) is 0 Å². The summed E-state index contributed by atoms with van der Waals surface area (Å²) >= 11 is 0. The number of carbonyl (C=O) groups is 1. The molecule has 0 aliphatic rings. The number of carbonyl (C=O) groups excluding carboxylic acids is 1. The van der Waals surface area contributed by atoms with E-state index in [9.17, 15) is 15.0 Å². The maximum absolute atomic E-state index is 12.5. The average Bonchev–Trinajstić information content (AvgIpc) is 3.35. The molecule has 0 saturated heterocycles. The molecular formula is C65H131NO3. The third-order valence-electron chi connectivity index (χ3n) is 15.9. The van der Waals surface area contributed by atoms with Gasteiger partial charge in [-0.1, -0.05) is 373 Å². The van der Waals surface area contributed by atoms with Crippen LogP contribution in [0.2, 0.25) is 0 Å². The van der Waals surface area contributed by atoms with E-state index >= 15 is 0 Å². The predicted octanol–water partition coefficient (Wildman–Crippen LogP) is 21.9. The van der Waals surface area contributed by atoms with E-state index in [-0.39, 0.29) is 12.5 Å². The van der Waals surface area contributed by atoms with Gasteiger partial charge in [0.05, 0.1) is 18.8 Å². The predicted molar refractivity (Wildman–Crippen MR) is 309 cm³/mol. The minimum Gasteiger partial charge on any atom is -0.394 e. The van der Waals surface area contributed by atoms with Crippen molar-refractivity contribution in [2.45, 2.75) is 405 Å². The van der Waals surface area contributed by atoms with E-state index in [4.69, 9.17) is 0 Å². The van der Waals surface area contributed by atoms with Crippen LogP contribution in [0, 0.1) is 0 Å². The number of aliphatic hydroxyl groups is 2. The van der Waals surface area contributed by atoms with Gasteiger partial charge in [0, 0.05) is 6.42 Å². The third-order valence-corrected chi connectivity index (χ3v) is 15.9. The van der Waals surface area contributed by atoms with Crippen LogP contribution in [-0.4, -0.2) is 34.9 Å². The Labute approximate surface area is 435 Å². The van der Waals surface area contributed by atoms with Gasteiger partial charge in [-0.25, -0.2) is 0 Å². The number of unbranched alkanes of at least 4 members (excludes halogenated alkanes) is 55. The van der Waals surface area contributed by atoms with Gasteiger partial charge in [-0.15, -0.1) is 0 Å². The van der Waals surface area contributed by atoms with Gasteiger partial charge in [0.15, 0.2) is 0 Å². The number of amides is 1. The number of rotatable bonds is 62. The molecule has 69 heavy (non-hydrogen) atoms. The van der Waals surface area contributed by atoms with Gasteiger partial charge in [0.2, 0.25) is 5.91 Å². The molecule has 2 unspecified atom stereocenters. The second kappa shape index (κ2) is 61.7. The number of hydrogen-bond acceptors (Lipinski definition) is 3. The lowest BCUT2D eigenvalue weighted by Crippen LogP contribution is -2.45. The zero-order valence-corrected chi connectivity index (χ0v) is 47.9. The lowest BCUT2D eigenvalue weighted by molar-refractivity contribution is -0.123. The van der Waals surface area contributed by atoms with Crippen molar-refractivity contribution in [2.75, 3.05) is 6.61 Å². The van der Waals surface area contributed by atoms with Gasteiger partial charge in [-0.05, 0) is 12.8 Å². The molecule has 0 aromatic heterocycles. The fourth-order valence-electron chi connectivity index (χ4n) is 10.9. The maximum Gasteiger partial charge on any atom is 0.220 e. The molecule has 0 aliphatic carbocycles. The number of nitrogens with one attached hydrogen (secondary N) is 1. The largest absolute Gasteiger partial charge is 0.394 e. The first-order chi connectivity index (χ1) is 34.2. The summed E-state index contributed by atoms with van der Waals surface area (Å²) in [4.78, 5) is 12.5. The lowest BCUT2D eigenvalue weighted by atomic mass is 10.0.